The number of nitrogens with one attached hydrogen (secondary N) is 1. The zero-order valence-electron chi connectivity index (χ0n) is 28.6. The van der Waals surface area contributed by atoms with Crippen molar-refractivity contribution in [2.45, 2.75) is 194 Å². The van der Waals surface area contributed by atoms with Crippen LogP contribution in [0.1, 0.15) is 159 Å². The number of rotatable bonds is 19. The molecule has 2 saturated heterocycles. The summed E-state index contributed by atoms with van der Waals surface area (Å²) in [5.41, 5.74) is 0.0910. The second kappa shape index (κ2) is 17.2. The van der Waals surface area contributed by atoms with E-state index in [2.05, 4.69) is 79.6 Å². The molecular weight excluding hydrogens is 496 g/mol. The molecule has 2 aliphatic rings. The maximum atomic E-state index is 6.58. The topological polar surface area (TPSA) is 43.0 Å². The average molecular weight is 567 g/mol. The van der Waals surface area contributed by atoms with Gasteiger partial charge >= 0.3 is 0 Å². The van der Waals surface area contributed by atoms with Gasteiger partial charge in [0.1, 0.15) is 0 Å². The summed E-state index contributed by atoms with van der Waals surface area (Å²) in [6, 6.07) is 0.547. The van der Waals surface area contributed by atoms with Crippen LogP contribution in [0.15, 0.2) is 0 Å². The lowest BCUT2D eigenvalue weighted by molar-refractivity contribution is -0.309. The van der Waals surface area contributed by atoms with E-state index in [0.29, 0.717) is 24.0 Å². The Morgan fingerprint density at radius 3 is 1.82 bits per heavy atom. The van der Waals surface area contributed by atoms with Gasteiger partial charge in [-0.15, -0.1) is 0 Å². The van der Waals surface area contributed by atoms with E-state index in [1.54, 1.807) is 0 Å². The summed E-state index contributed by atoms with van der Waals surface area (Å²) in [6.45, 7) is 25.8. The van der Waals surface area contributed by atoms with Gasteiger partial charge in [0, 0.05) is 35.9 Å². The molecule has 2 rings (SSSR count). The van der Waals surface area contributed by atoms with Gasteiger partial charge in [-0.25, -0.2) is 0 Å². The van der Waals surface area contributed by atoms with Crippen LogP contribution in [-0.4, -0.2) is 59.8 Å². The van der Waals surface area contributed by atoms with Crippen LogP contribution < -0.4 is 5.32 Å². The van der Waals surface area contributed by atoms with Gasteiger partial charge in [-0.3, -0.25) is 4.84 Å². The molecule has 2 fully saturated rings. The Hall–Kier alpha value is -0.200. The minimum atomic E-state index is -0.0417. The normalized spacial score (nSPS) is 28.9. The van der Waals surface area contributed by atoms with Gasteiger partial charge in [-0.1, -0.05) is 79.6 Å². The highest BCUT2D eigenvalue weighted by atomic mass is 16.7. The molecule has 0 bridgehead atoms. The number of hydrogen-bond acceptors (Lipinski definition) is 5. The number of nitrogens with zero attached hydrogens (tertiary/aromatic N) is 1. The lowest BCUT2D eigenvalue weighted by Crippen LogP contribution is -2.65. The van der Waals surface area contributed by atoms with Crippen LogP contribution in [0.5, 0.6) is 0 Å². The van der Waals surface area contributed by atoms with E-state index >= 15 is 0 Å². The Morgan fingerprint density at radius 1 is 0.700 bits per heavy atom. The molecule has 2 heterocycles. The zero-order chi connectivity index (χ0) is 29.8. The molecule has 4 atom stereocenters. The second-order valence-corrected chi connectivity index (χ2v) is 15.3. The molecule has 5 heteroatoms. The third-order valence-electron chi connectivity index (χ3n) is 9.73. The summed E-state index contributed by atoms with van der Waals surface area (Å²) in [5.74, 6) is 1.14. The molecule has 1 N–H and O–H groups in total. The molecule has 5 nitrogen and oxygen atoms in total. The van der Waals surface area contributed by atoms with Crippen LogP contribution in [0.4, 0.5) is 0 Å². The molecule has 0 radical (unpaired) electrons. The molecule has 0 aromatic heterocycles. The van der Waals surface area contributed by atoms with Crippen molar-refractivity contribution in [2.75, 3.05) is 19.8 Å². The Bertz CT molecular complexity index is 680. The van der Waals surface area contributed by atoms with Crippen LogP contribution in [0.2, 0.25) is 0 Å². The first-order valence-corrected chi connectivity index (χ1v) is 17.2. The fourth-order valence-corrected chi connectivity index (χ4v) is 7.07. The van der Waals surface area contributed by atoms with Crippen LogP contribution in [0.3, 0.4) is 0 Å². The second-order valence-electron chi connectivity index (χ2n) is 15.3. The fourth-order valence-electron chi connectivity index (χ4n) is 7.07. The highest BCUT2D eigenvalue weighted by Crippen LogP contribution is 2.44. The van der Waals surface area contributed by atoms with E-state index in [4.69, 9.17) is 14.3 Å². The van der Waals surface area contributed by atoms with Crippen molar-refractivity contribution in [1.29, 1.82) is 0 Å². The van der Waals surface area contributed by atoms with Gasteiger partial charge in [0.15, 0.2) is 0 Å². The number of piperidine rings is 2. The van der Waals surface area contributed by atoms with Gasteiger partial charge in [0.25, 0.3) is 0 Å². The Morgan fingerprint density at radius 2 is 1.25 bits per heavy atom. The first kappa shape index (κ1) is 36.0. The summed E-state index contributed by atoms with van der Waals surface area (Å²) in [4.78, 5) is 6.58. The number of hydroxylamine groups is 2. The third-order valence-corrected chi connectivity index (χ3v) is 9.73. The largest absolute Gasteiger partial charge is 0.378 e. The predicted octanol–water partition coefficient (Wildman–Crippen LogP) is 9.09. The lowest BCUT2D eigenvalue weighted by Gasteiger charge is -2.56. The van der Waals surface area contributed by atoms with E-state index < -0.39 is 0 Å². The molecule has 4 unspecified atom stereocenters. The summed E-state index contributed by atoms with van der Waals surface area (Å²) in [6.07, 6.45) is 17.7. The highest BCUT2D eigenvalue weighted by Gasteiger charge is 2.50. The minimum Gasteiger partial charge on any atom is -0.378 e. The predicted molar refractivity (Wildman–Crippen MR) is 171 cm³/mol. The van der Waals surface area contributed by atoms with Crippen molar-refractivity contribution < 1.29 is 14.3 Å². The molecule has 238 valence electrons. The van der Waals surface area contributed by atoms with Crippen LogP contribution in [0.25, 0.3) is 0 Å². The monoisotopic (exact) mass is 567 g/mol. The summed E-state index contributed by atoms with van der Waals surface area (Å²) in [7, 11) is 0. The molecule has 0 aliphatic carbocycles. The van der Waals surface area contributed by atoms with Crippen LogP contribution in [0, 0.1) is 11.8 Å². The molecule has 40 heavy (non-hydrogen) atoms. The maximum Gasteiger partial charge on any atom is 0.0685 e. The zero-order valence-corrected chi connectivity index (χ0v) is 28.6. The Kier molecular flexibility index (Phi) is 15.5. The molecule has 0 aromatic carbocycles. The van der Waals surface area contributed by atoms with Gasteiger partial charge in [0.05, 0.1) is 18.8 Å². The van der Waals surface area contributed by atoms with Crippen molar-refractivity contribution in [2.24, 2.45) is 11.8 Å². The van der Waals surface area contributed by atoms with Crippen molar-refractivity contribution in [3.8, 4) is 0 Å². The molecule has 0 saturated carbocycles. The van der Waals surface area contributed by atoms with Gasteiger partial charge in [0.2, 0.25) is 0 Å². The molecule has 2 aliphatic heterocycles. The van der Waals surface area contributed by atoms with Gasteiger partial charge < -0.3 is 14.8 Å². The van der Waals surface area contributed by atoms with Crippen LogP contribution in [-0.2, 0) is 14.3 Å². The van der Waals surface area contributed by atoms with E-state index in [1.165, 1.54) is 44.9 Å². The Balaban J connectivity index is 1.72. The van der Waals surface area contributed by atoms with Crippen LogP contribution >= 0.6 is 0 Å². The van der Waals surface area contributed by atoms with Crippen molar-refractivity contribution in [3.05, 3.63) is 0 Å². The first-order valence-electron chi connectivity index (χ1n) is 17.2. The highest BCUT2D eigenvalue weighted by molar-refractivity contribution is 5.01. The van der Waals surface area contributed by atoms with E-state index in [1.807, 2.05) is 0 Å². The molecule has 0 amide bonds. The summed E-state index contributed by atoms with van der Waals surface area (Å²) < 4.78 is 12.9. The minimum absolute atomic E-state index is 0.0234. The number of ether oxygens (including phenoxy) is 2. The fraction of sp³-hybridized carbons (Fsp3) is 1.00. The van der Waals surface area contributed by atoms with Crippen molar-refractivity contribution in [1.82, 2.24) is 10.4 Å². The van der Waals surface area contributed by atoms with Crippen molar-refractivity contribution in [3.63, 3.8) is 0 Å². The number of hydrogen-bond donors (Lipinski definition) is 1. The first-order chi connectivity index (χ1) is 18.8. The molecule has 0 aromatic rings. The molecule has 0 spiro atoms. The van der Waals surface area contributed by atoms with Crippen molar-refractivity contribution >= 4 is 0 Å². The SMILES string of the molecule is CCCCCCCCCCON1C(C)(C)CC(OCCCCOC2CC(C(C)C)NC(C)(C)C2)CC1(C)C(C)C. The standard InChI is InChI=1S/C35H70N2O3/c1-11-12-13-14-15-16-17-18-23-40-37-34(8,9)26-31(27-35(37,10)29(4)5)39-22-20-19-21-38-30-24-32(28(2)3)36-33(6,7)25-30/h28-32,36H,11-27H2,1-10H3. The van der Waals surface area contributed by atoms with E-state index in [0.717, 1.165) is 64.8 Å². The van der Waals surface area contributed by atoms with E-state index in [-0.39, 0.29) is 22.7 Å². The quantitative estimate of drug-likeness (QED) is 0.158. The van der Waals surface area contributed by atoms with E-state index in [9.17, 15) is 0 Å². The number of unbranched alkanes of at least 4 members (excludes halogenated alkanes) is 8. The van der Waals surface area contributed by atoms with Gasteiger partial charge in [-0.2, -0.15) is 5.06 Å². The molecular formula is C35H70N2O3. The third kappa shape index (κ3) is 11.8. The average Bonchev–Trinajstić information content (AvgIpc) is 2.85. The van der Waals surface area contributed by atoms with Gasteiger partial charge in [-0.05, 0) is 91.4 Å². The lowest BCUT2D eigenvalue weighted by atomic mass is 9.73. The maximum absolute atomic E-state index is 6.58. The smallest absolute Gasteiger partial charge is 0.0685 e. The Labute approximate surface area is 250 Å². The summed E-state index contributed by atoms with van der Waals surface area (Å²) in [5, 5.41) is 6.17. The summed E-state index contributed by atoms with van der Waals surface area (Å²) >= 11 is 0.